The van der Waals surface area contributed by atoms with E-state index >= 15 is 0 Å². The van der Waals surface area contributed by atoms with E-state index in [1.807, 2.05) is 5.01 Å². The van der Waals surface area contributed by atoms with Crippen molar-refractivity contribution < 1.29 is 4.79 Å². The summed E-state index contributed by atoms with van der Waals surface area (Å²) < 4.78 is 0. The highest BCUT2D eigenvalue weighted by Crippen LogP contribution is 2.08. The van der Waals surface area contributed by atoms with Gasteiger partial charge in [-0.3, -0.25) is 10.2 Å². The molecule has 0 bridgehead atoms. The van der Waals surface area contributed by atoms with Gasteiger partial charge in [-0.2, -0.15) is 0 Å². The fourth-order valence-electron chi connectivity index (χ4n) is 1.58. The van der Waals surface area contributed by atoms with Gasteiger partial charge in [0, 0.05) is 20.0 Å². The van der Waals surface area contributed by atoms with Gasteiger partial charge in [0.05, 0.1) is 0 Å². The molecule has 1 fully saturated rings. The second-order valence-electron chi connectivity index (χ2n) is 3.42. The first kappa shape index (κ1) is 9.52. The molecule has 1 N–H and O–H groups in total. The van der Waals surface area contributed by atoms with E-state index in [0.717, 1.165) is 13.1 Å². The summed E-state index contributed by atoms with van der Waals surface area (Å²) in [6.07, 6.45) is 6.38. The minimum atomic E-state index is 0.0515. The second-order valence-corrected chi connectivity index (χ2v) is 3.42. The molecular weight excluding hydrogens is 152 g/mol. The van der Waals surface area contributed by atoms with Crippen LogP contribution in [-0.2, 0) is 4.79 Å². The van der Waals surface area contributed by atoms with E-state index < -0.39 is 0 Å². The van der Waals surface area contributed by atoms with Crippen LogP contribution in [0.25, 0.3) is 0 Å². The van der Waals surface area contributed by atoms with Crippen LogP contribution in [0.15, 0.2) is 0 Å². The number of hydrazine groups is 1. The Morgan fingerprint density at radius 3 is 2.08 bits per heavy atom. The number of carbonyl (C=O) groups excluding carboxylic acids is 1. The summed E-state index contributed by atoms with van der Waals surface area (Å²) in [5.74, 6) is 0.0515. The van der Waals surface area contributed by atoms with Gasteiger partial charge in [-0.15, -0.1) is 0 Å². The highest BCUT2D eigenvalue weighted by atomic mass is 16.2. The third-order valence-electron chi connectivity index (χ3n) is 2.17. The lowest BCUT2D eigenvalue weighted by atomic mass is 10.1. The normalized spacial score (nSPS) is 21.1. The molecule has 3 nitrogen and oxygen atoms in total. The van der Waals surface area contributed by atoms with Crippen molar-refractivity contribution in [3.05, 3.63) is 0 Å². The van der Waals surface area contributed by atoms with Crippen molar-refractivity contribution in [3.8, 4) is 0 Å². The van der Waals surface area contributed by atoms with Crippen LogP contribution < -0.4 is 5.43 Å². The summed E-state index contributed by atoms with van der Waals surface area (Å²) in [6, 6.07) is 0. The number of hydrogen-bond acceptors (Lipinski definition) is 2. The summed E-state index contributed by atoms with van der Waals surface area (Å²) in [6.45, 7) is 3.60. The number of amides is 1. The van der Waals surface area contributed by atoms with Gasteiger partial charge in [0.25, 0.3) is 0 Å². The molecule has 3 heteroatoms. The van der Waals surface area contributed by atoms with E-state index in [-0.39, 0.29) is 5.91 Å². The minimum Gasteiger partial charge on any atom is -0.289 e. The molecule has 0 aromatic rings. The van der Waals surface area contributed by atoms with Crippen molar-refractivity contribution >= 4 is 5.91 Å². The second kappa shape index (κ2) is 5.14. The number of hydrogen-bond donors (Lipinski definition) is 1. The molecule has 0 aromatic carbocycles. The molecule has 0 atom stereocenters. The van der Waals surface area contributed by atoms with Crippen LogP contribution in [-0.4, -0.2) is 24.0 Å². The van der Waals surface area contributed by atoms with Crippen LogP contribution in [0.1, 0.15) is 39.0 Å². The van der Waals surface area contributed by atoms with Crippen molar-refractivity contribution in [1.82, 2.24) is 10.4 Å². The molecule has 1 aliphatic heterocycles. The standard InChI is InChI=1S/C9H18N2O/c1-9(12)10-11-7-5-3-2-4-6-8-11/h2-8H2,1H3,(H,10,12). The van der Waals surface area contributed by atoms with Crippen LogP contribution in [0.3, 0.4) is 0 Å². The Morgan fingerprint density at radius 1 is 1.08 bits per heavy atom. The Labute approximate surface area is 74.1 Å². The van der Waals surface area contributed by atoms with Gasteiger partial charge in [0.2, 0.25) is 5.91 Å². The lowest BCUT2D eigenvalue weighted by molar-refractivity contribution is -0.123. The number of nitrogens with one attached hydrogen (secondary N) is 1. The lowest BCUT2D eigenvalue weighted by Crippen LogP contribution is -2.42. The number of carbonyl (C=O) groups is 1. The monoisotopic (exact) mass is 170 g/mol. The molecule has 0 aromatic heterocycles. The molecule has 1 heterocycles. The zero-order valence-electron chi connectivity index (χ0n) is 7.81. The van der Waals surface area contributed by atoms with Crippen molar-refractivity contribution in [2.75, 3.05) is 13.1 Å². The summed E-state index contributed by atoms with van der Waals surface area (Å²) in [7, 11) is 0. The van der Waals surface area contributed by atoms with Crippen LogP contribution >= 0.6 is 0 Å². The van der Waals surface area contributed by atoms with Crippen molar-refractivity contribution in [2.45, 2.75) is 39.0 Å². The van der Waals surface area contributed by atoms with Crippen LogP contribution in [0.5, 0.6) is 0 Å². The van der Waals surface area contributed by atoms with Crippen LogP contribution in [0, 0.1) is 0 Å². The van der Waals surface area contributed by atoms with E-state index in [1.165, 1.54) is 32.1 Å². The SMILES string of the molecule is CC(=O)NN1CCCCCCC1. The average molecular weight is 170 g/mol. The van der Waals surface area contributed by atoms with Gasteiger partial charge >= 0.3 is 0 Å². The molecule has 0 saturated carbocycles. The Hall–Kier alpha value is -0.570. The fraction of sp³-hybridized carbons (Fsp3) is 0.889. The largest absolute Gasteiger partial charge is 0.289 e. The Balaban J connectivity index is 2.24. The number of nitrogens with zero attached hydrogens (tertiary/aromatic N) is 1. The van der Waals surface area contributed by atoms with Gasteiger partial charge in [0.15, 0.2) is 0 Å². The zero-order chi connectivity index (χ0) is 8.81. The highest BCUT2D eigenvalue weighted by molar-refractivity contribution is 5.72. The highest BCUT2D eigenvalue weighted by Gasteiger charge is 2.07. The van der Waals surface area contributed by atoms with Gasteiger partial charge in [0.1, 0.15) is 0 Å². The van der Waals surface area contributed by atoms with Crippen molar-refractivity contribution in [2.24, 2.45) is 0 Å². The summed E-state index contributed by atoms with van der Waals surface area (Å²) in [5, 5.41) is 2.04. The quantitative estimate of drug-likeness (QED) is 0.643. The van der Waals surface area contributed by atoms with E-state index in [4.69, 9.17) is 0 Å². The molecule has 1 aliphatic rings. The summed E-state index contributed by atoms with van der Waals surface area (Å²) in [4.78, 5) is 10.8. The smallest absolute Gasteiger partial charge is 0.231 e. The molecule has 1 amide bonds. The molecule has 0 unspecified atom stereocenters. The topological polar surface area (TPSA) is 32.3 Å². The first-order valence-electron chi connectivity index (χ1n) is 4.81. The fourth-order valence-corrected chi connectivity index (χ4v) is 1.58. The minimum absolute atomic E-state index is 0.0515. The predicted molar refractivity (Wildman–Crippen MR) is 48.5 cm³/mol. The third kappa shape index (κ3) is 3.72. The molecular formula is C9H18N2O. The summed E-state index contributed by atoms with van der Waals surface area (Å²) in [5.41, 5.74) is 2.84. The van der Waals surface area contributed by atoms with E-state index in [9.17, 15) is 4.79 Å². The van der Waals surface area contributed by atoms with Gasteiger partial charge in [-0.05, 0) is 12.8 Å². The predicted octanol–water partition coefficient (Wildman–Crippen LogP) is 1.30. The van der Waals surface area contributed by atoms with Crippen molar-refractivity contribution in [1.29, 1.82) is 0 Å². The molecule has 0 spiro atoms. The Kier molecular flexibility index (Phi) is 4.08. The first-order chi connectivity index (χ1) is 5.79. The van der Waals surface area contributed by atoms with E-state index in [1.54, 1.807) is 6.92 Å². The molecule has 12 heavy (non-hydrogen) atoms. The first-order valence-corrected chi connectivity index (χ1v) is 4.81. The van der Waals surface area contributed by atoms with Gasteiger partial charge in [-0.1, -0.05) is 19.3 Å². The zero-order valence-corrected chi connectivity index (χ0v) is 7.81. The van der Waals surface area contributed by atoms with Gasteiger partial charge in [-0.25, -0.2) is 5.01 Å². The molecule has 70 valence electrons. The molecule has 1 saturated heterocycles. The molecule has 1 rings (SSSR count). The van der Waals surface area contributed by atoms with E-state index in [2.05, 4.69) is 5.43 Å². The van der Waals surface area contributed by atoms with Gasteiger partial charge < -0.3 is 0 Å². The Bertz CT molecular complexity index is 139. The van der Waals surface area contributed by atoms with E-state index in [0.29, 0.717) is 0 Å². The maximum atomic E-state index is 10.8. The number of rotatable bonds is 1. The molecule has 0 aliphatic carbocycles. The van der Waals surface area contributed by atoms with Crippen LogP contribution in [0.2, 0.25) is 0 Å². The lowest BCUT2D eigenvalue weighted by Gasteiger charge is -2.24. The van der Waals surface area contributed by atoms with Crippen LogP contribution in [0.4, 0.5) is 0 Å². The van der Waals surface area contributed by atoms with Crippen molar-refractivity contribution in [3.63, 3.8) is 0 Å². The Morgan fingerprint density at radius 2 is 1.58 bits per heavy atom. The maximum Gasteiger partial charge on any atom is 0.231 e. The molecule has 0 radical (unpaired) electrons. The third-order valence-corrected chi connectivity index (χ3v) is 2.17. The maximum absolute atomic E-state index is 10.8. The summed E-state index contributed by atoms with van der Waals surface area (Å²) >= 11 is 0. The average Bonchev–Trinajstić information content (AvgIpc) is 1.93.